The van der Waals surface area contributed by atoms with E-state index in [2.05, 4.69) is 63.1 Å². The standard InChI is InChI=1S/C23H30N6O.HI/c1-2-24-22(25-15-12-20-27-21(29-28-20)19-11-8-16-30-19)26-17-23(13-6-7-14-23)18-9-4-3-5-10-18;/h3-5,8-11,16H,2,6-7,12-15,17H2,1H3,(H2,24,25,26)(H,27,28,29);1H. The van der Waals surface area contributed by atoms with Gasteiger partial charge in [-0.3, -0.25) is 10.1 Å². The Hall–Kier alpha value is -2.36. The molecule has 1 aromatic carbocycles. The predicted molar refractivity (Wildman–Crippen MR) is 134 cm³/mol. The van der Waals surface area contributed by atoms with Crippen LogP contribution in [0.2, 0.25) is 0 Å². The van der Waals surface area contributed by atoms with Crippen LogP contribution < -0.4 is 10.6 Å². The smallest absolute Gasteiger partial charge is 0.216 e. The normalized spacial score (nSPS) is 15.5. The molecule has 7 nitrogen and oxygen atoms in total. The zero-order valence-electron chi connectivity index (χ0n) is 17.9. The number of nitrogens with zero attached hydrogens (tertiary/aromatic N) is 3. The molecule has 0 unspecified atom stereocenters. The van der Waals surface area contributed by atoms with Gasteiger partial charge in [-0.2, -0.15) is 5.10 Å². The molecule has 1 aliphatic rings. The highest BCUT2D eigenvalue weighted by Gasteiger charge is 2.35. The van der Waals surface area contributed by atoms with E-state index in [-0.39, 0.29) is 29.4 Å². The van der Waals surface area contributed by atoms with Crippen LogP contribution in [0.3, 0.4) is 0 Å². The topological polar surface area (TPSA) is 91.1 Å². The first-order valence-electron chi connectivity index (χ1n) is 10.8. The van der Waals surface area contributed by atoms with E-state index < -0.39 is 0 Å². The van der Waals surface area contributed by atoms with Gasteiger partial charge in [0.15, 0.2) is 11.7 Å². The van der Waals surface area contributed by atoms with Crippen LogP contribution in [0.1, 0.15) is 44.0 Å². The molecule has 1 saturated carbocycles. The van der Waals surface area contributed by atoms with Crippen molar-refractivity contribution in [2.75, 3.05) is 19.6 Å². The fraction of sp³-hybridized carbons (Fsp3) is 0.435. The van der Waals surface area contributed by atoms with E-state index in [0.29, 0.717) is 11.6 Å². The highest BCUT2D eigenvalue weighted by molar-refractivity contribution is 14.0. The number of aromatic amines is 1. The lowest BCUT2D eigenvalue weighted by Gasteiger charge is -2.28. The molecule has 0 radical (unpaired) electrons. The Morgan fingerprint density at radius 2 is 1.94 bits per heavy atom. The Balaban J connectivity index is 0.00000272. The summed E-state index contributed by atoms with van der Waals surface area (Å²) in [5, 5.41) is 14.0. The molecular formula is C23H31IN6O. The van der Waals surface area contributed by atoms with Gasteiger partial charge in [-0.05, 0) is 37.5 Å². The fourth-order valence-electron chi connectivity index (χ4n) is 4.18. The molecule has 0 aliphatic heterocycles. The first-order valence-corrected chi connectivity index (χ1v) is 10.8. The van der Waals surface area contributed by atoms with Gasteiger partial charge in [-0.1, -0.05) is 43.2 Å². The third kappa shape index (κ3) is 5.87. The van der Waals surface area contributed by atoms with E-state index >= 15 is 0 Å². The summed E-state index contributed by atoms with van der Waals surface area (Å²) in [5.41, 5.74) is 1.57. The average Bonchev–Trinajstić information content (AvgIpc) is 3.55. The SMILES string of the molecule is CCNC(=NCC1(c2ccccc2)CCCC1)NCCc1nc(-c2ccco2)n[nH]1.I. The minimum Gasteiger partial charge on any atom is -0.461 e. The maximum atomic E-state index is 5.34. The third-order valence-electron chi connectivity index (χ3n) is 5.76. The van der Waals surface area contributed by atoms with Crippen molar-refractivity contribution in [1.29, 1.82) is 0 Å². The number of hydrogen-bond donors (Lipinski definition) is 3. The summed E-state index contributed by atoms with van der Waals surface area (Å²) in [7, 11) is 0. The van der Waals surface area contributed by atoms with Crippen LogP contribution in [0.15, 0.2) is 58.1 Å². The largest absolute Gasteiger partial charge is 0.461 e. The first kappa shape index (κ1) is 23.3. The molecule has 4 rings (SSSR count). The van der Waals surface area contributed by atoms with Crippen molar-refractivity contribution in [2.45, 2.75) is 44.4 Å². The molecule has 8 heteroatoms. The molecule has 0 spiro atoms. The van der Waals surface area contributed by atoms with Gasteiger partial charge >= 0.3 is 0 Å². The van der Waals surface area contributed by atoms with Gasteiger partial charge in [0.1, 0.15) is 5.82 Å². The van der Waals surface area contributed by atoms with Crippen molar-refractivity contribution in [1.82, 2.24) is 25.8 Å². The number of guanidine groups is 1. The lowest BCUT2D eigenvalue weighted by molar-refractivity contribution is 0.452. The summed E-state index contributed by atoms with van der Waals surface area (Å²) in [6.45, 7) is 4.44. The molecular weight excluding hydrogens is 503 g/mol. The summed E-state index contributed by atoms with van der Waals surface area (Å²) in [5.74, 6) is 2.93. The molecule has 0 amide bonds. The number of aromatic nitrogens is 3. The van der Waals surface area contributed by atoms with Crippen molar-refractivity contribution in [2.24, 2.45) is 4.99 Å². The van der Waals surface area contributed by atoms with Crippen molar-refractivity contribution in [3.8, 4) is 11.6 Å². The Bertz CT molecular complexity index is 932. The van der Waals surface area contributed by atoms with Crippen LogP contribution in [0.5, 0.6) is 0 Å². The van der Waals surface area contributed by atoms with Gasteiger partial charge in [0.2, 0.25) is 5.82 Å². The summed E-state index contributed by atoms with van der Waals surface area (Å²) in [6, 6.07) is 14.5. The number of rotatable bonds is 8. The first-order chi connectivity index (χ1) is 14.8. The highest BCUT2D eigenvalue weighted by atomic mass is 127. The molecule has 0 bridgehead atoms. The van der Waals surface area contributed by atoms with E-state index in [0.717, 1.165) is 37.8 Å². The number of nitrogens with one attached hydrogen (secondary N) is 3. The molecule has 3 aromatic rings. The Morgan fingerprint density at radius 1 is 1.13 bits per heavy atom. The number of aliphatic imine (C=N–C) groups is 1. The average molecular weight is 534 g/mol. The number of furan rings is 1. The molecule has 31 heavy (non-hydrogen) atoms. The van der Waals surface area contributed by atoms with E-state index in [1.54, 1.807) is 6.26 Å². The minimum atomic E-state index is 0. The van der Waals surface area contributed by atoms with E-state index in [9.17, 15) is 0 Å². The molecule has 3 N–H and O–H groups in total. The second-order valence-corrected chi connectivity index (χ2v) is 7.81. The zero-order chi connectivity index (χ0) is 20.7. The van der Waals surface area contributed by atoms with E-state index in [4.69, 9.17) is 9.41 Å². The second kappa shape index (κ2) is 11.3. The van der Waals surface area contributed by atoms with Crippen LogP contribution in [0.25, 0.3) is 11.6 Å². The monoisotopic (exact) mass is 534 g/mol. The summed E-state index contributed by atoms with van der Waals surface area (Å²) in [4.78, 5) is 9.45. The van der Waals surface area contributed by atoms with Gasteiger partial charge in [0.05, 0.1) is 12.8 Å². The van der Waals surface area contributed by atoms with E-state index in [1.807, 2.05) is 12.1 Å². The summed E-state index contributed by atoms with van der Waals surface area (Å²) < 4.78 is 5.34. The van der Waals surface area contributed by atoms with Crippen molar-refractivity contribution >= 4 is 29.9 Å². The minimum absolute atomic E-state index is 0. The number of benzene rings is 1. The van der Waals surface area contributed by atoms with Crippen LogP contribution in [-0.4, -0.2) is 40.8 Å². The summed E-state index contributed by atoms with van der Waals surface area (Å²) in [6.07, 6.45) is 7.30. The quantitative estimate of drug-likeness (QED) is 0.228. The number of H-pyrrole nitrogens is 1. The third-order valence-corrected chi connectivity index (χ3v) is 5.76. The van der Waals surface area contributed by atoms with Crippen LogP contribution in [0.4, 0.5) is 0 Å². The van der Waals surface area contributed by atoms with Gasteiger partial charge in [-0.25, -0.2) is 4.98 Å². The maximum absolute atomic E-state index is 5.34. The number of halogens is 1. The van der Waals surface area contributed by atoms with Crippen molar-refractivity contribution < 1.29 is 4.42 Å². The molecule has 2 aromatic heterocycles. The molecule has 1 fully saturated rings. The Kier molecular flexibility index (Phi) is 8.51. The molecule has 2 heterocycles. The molecule has 0 atom stereocenters. The Labute approximate surface area is 200 Å². The van der Waals surface area contributed by atoms with Gasteiger partial charge in [0, 0.05) is 24.9 Å². The van der Waals surface area contributed by atoms with Crippen molar-refractivity contribution in [3.63, 3.8) is 0 Å². The van der Waals surface area contributed by atoms with Gasteiger partial charge in [-0.15, -0.1) is 24.0 Å². The second-order valence-electron chi connectivity index (χ2n) is 7.81. The van der Waals surface area contributed by atoms with Crippen LogP contribution in [0, 0.1) is 0 Å². The fourth-order valence-corrected chi connectivity index (χ4v) is 4.18. The predicted octanol–water partition coefficient (Wildman–Crippen LogP) is 4.29. The van der Waals surface area contributed by atoms with Crippen LogP contribution in [-0.2, 0) is 11.8 Å². The Morgan fingerprint density at radius 3 is 2.65 bits per heavy atom. The van der Waals surface area contributed by atoms with E-state index in [1.165, 1.54) is 31.2 Å². The molecule has 1 aliphatic carbocycles. The lowest BCUT2D eigenvalue weighted by Crippen LogP contribution is -2.39. The van der Waals surface area contributed by atoms with Gasteiger partial charge in [0.25, 0.3) is 0 Å². The highest BCUT2D eigenvalue weighted by Crippen LogP contribution is 2.41. The van der Waals surface area contributed by atoms with Gasteiger partial charge < -0.3 is 15.1 Å². The summed E-state index contributed by atoms with van der Waals surface area (Å²) >= 11 is 0. The molecule has 0 saturated heterocycles. The van der Waals surface area contributed by atoms with Crippen molar-refractivity contribution in [3.05, 3.63) is 60.1 Å². The number of hydrogen-bond acceptors (Lipinski definition) is 4. The zero-order valence-corrected chi connectivity index (χ0v) is 20.3. The molecule has 166 valence electrons. The lowest BCUT2D eigenvalue weighted by atomic mass is 9.79. The van der Waals surface area contributed by atoms with Crippen LogP contribution >= 0.6 is 24.0 Å². The maximum Gasteiger partial charge on any atom is 0.216 e.